The first-order valence-electron chi connectivity index (χ1n) is 10.7. The Morgan fingerprint density at radius 1 is 0.759 bits per heavy atom. The van der Waals surface area contributed by atoms with Crippen molar-refractivity contribution in [3.63, 3.8) is 0 Å². The molecule has 0 radical (unpaired) electrons. The van der Waals surface area contributed by atoms with Gasteiger partial charge in [0.25, 0.3) is 0 Å². The van der Waals surface area contributed by atoms with Gasteiger partial charge in [-0.15, -0.1) is 0 Å². The number of hydrogen-bond donors (Lipinski definition) is 0. The highest BCUT2D eigenvalue weighted by molar-refractivity contribution is 9.25. The molecular formula is C25H33Br2NO. The molecular weight excluding hydrogens is 490 g/mol. The van der Waals surface area contributed by atoms with Gasteiger partial charge in [0.05, 0.1) is 3.23 Å². The molecule has 0 bridgehead atoms. The Labute approximate surface area is 193 Å². The Kier molecular flexibility index (Phi) is 11.0. The number of carbonyl (C=O) groups excluding carboxylic acids is 1. The molecule has 0 unspecified atom stereocenters. The summed E-state index contributed by atoms with van der Waals surface area (Å²) in [6.07, 6.45) is 8.85. The van der Waals surface area contributed by atoms with Gasteiger partial charge in [-0.1, -0.05) is 125 Å². The average Bonchev–Trinajstić information content (AvgIpc) is 2.70. The van der Waals surface area contributed by atoms with E-state index in [9.17, 15) is 4.79 Å². The first kappa shape index (κ1) is 24.1. The van der Waals surface area contributed by atoms with E-state index in [4.69, 9.17) is 0 Å². The first-order chi connectivity index (χ1) is 13.9. The van der Waals surface area contributed by atoms with Gasteiger partial charge in [-0.05, 0) is 30.9 Å². The summed E-state index contributed by atoms with van der Waals surface area (Å²) in [4.78, 5) is 14.9. The number of hydrogen-bond acceptors (Lipinski definition) is 1. The summed E-state index contributed by atoms with van der Waals surface area (Å²) in [6, 6.07) is 20.6. The van der Waals surface area contributed by atoms with Gasteiger partial charge in [0.1, 0.15) is 0 Å². The van der Waals surface area contributed by atoms with Crippen LogP contribution in [0, 0.1) is 0 Å². The number of nitrogens with zero attached hydrogens (tertiary/aromatic N) is 1. The van der Waals surface area contributed by atoms with Crippen molar-refractivity contribution in [1.82, 2.24) is 4.90 Å². The fourth-order valence-electron chi connectivity index (χ4n) is 3.42. The second-order valence-corrected chi connectivity index (χ2v) is 12.5. The van der Waals surface area contributed by atoms with Gasteiger partial charge < -0.3 is 4.90 Å². The van der Waals surface area contributed by atoms with E-state index in [2.05, 4.69) is 63.0 Å². The summed E-state index contributed by atoms with van der Waals surface area (Å²) >= 11 is 7.25. The molecule has 0 fully saturated rings. The standard InChI is InChI=1S/C25H33Br2NO/c1-25(26,27)19-13-5-3-2-4-12-18-24(29)28(20-22-14-8-6-9-15-22)21-23-16-10-7-11-17-23/h6-11,14-17H,2-5,12-13,18-21H2,1H3. The van der Waals surface area contributed by atoms with Crippen LogP contribution in [0.15, 0.2) is 60.7 Å². The van der Waals surface area contributed by atoms with E-state index in [1.807, 2.05) is 41.3 Å². The van der Waals surface area contributed by atoms with Crippen LogP contribution in [-0.4, -0.2) is 14.0 Å². The monoisotopic (exact) mass is 521 g/mol. The molecule has 0 aliphatic heterocycles. The van der Waals surface area contributed by atoms with Gasteiger partial charge in [0, 0.05) is 19.5 Å². The highest BCUT2D eigenvalue weighted by Crippen LogP contribution is 2.31. The molecule has 0 saturated carbocycles. The maximum absolute atomic E-state index is 12.9. The van der Waals surface area contributed by atoms with Crippen LogP contribution < -0.4 is 0 Å². The summed E-state index contributed by atoms with van der Waals surface area (Å²) < 4.78 is 0.0768. The summed E-state index contributed by atoms with van der Waals surface area (Å²) in [7, 11) is 0. The van der Waals surface area contributed by atoms with E-state index >= 15 is 0 Å². The zero-order valence-corrected chi connectivity index (χ0v) is 20.6. The molecule has 0 aliphatic rings. The number of carbonyl (C=O) groups is 1. The zero-order valence-electron chi connectivity index (χ0n) is 17.5. The van der Waals surface area contributed by atoms with Crippen LogP contribution in [0.2, 0.25) is 0 Å². The Morgan fingerprint density at radius 3 is 1.69 bits per heavy atom. The fourth-order valence-corrected chi connectivity index (χ4v) is 3.98. The Hall–Kier alpha value is -1.13. The van der Waals surface area contributed by atoms with Crippen LogP contribution in [0.25, 0.3) is 0 Å². The average molecular weight is 523 g/mol. The molecule has 2 aromatic carbocycles. The smallest absolute Gasteiger partial charge is 0.223 e. The number of halogens is 2. The second-order valence-electron chi connectivity index (χ2n) is 7.91. The van der Waals surface area contributed by atoms with Crippen molar-refractivity contribution < 1.29 is 4.79 Å². The SMILES string of the molecule is CC(Br)(Br)CCCCCCCCC(=O)N(Cc1ccccc1)Cc1ccccc1. The summed E-state index contributed by atoms with van der Waals surface area (Å²) in [5.41, 5.74) is 2.37. The normalized spacial score (nSPS) is 11.4. The van der Waals surface area contributed by atoms with Crippen LogP contribution >= 0.6 is 31.9 Å². The minimum Gasteiger partial charge on any atom is -0.334 e. The molecule has 158 valence electrons. The van der Waals surface area contributed by atoms with Crippen molar-refractivity contribution in [1.29, 1.82) is 0 Å². The van der Waals surface area contributed by atoms with Gasteiger partial charge in [-0.2, -0.15) is 0 Å². The maximum atomic E-state index is 12.9. The van der Waals surface area contributed by atoms with Crippen LogP contribution in [-0.2, 0) is 17.9 Å². The Bertz CT molecular complexity index is 656. The highest BCUT2D eigenvalue weighted by atomic mass is 79.9. The van der Waals surface area contributed by atoms with Crippen molar-refractivity contribution in [2.75, 3.05) is 0 Å². The third-order valence-corrected chi connectivity index (χ3v) is 5.83. The molecule has 0 spiro atoms. The first-order valence-corrected chi connectivity index (χ1v) is 12.3. The lowest BCUT2D eigenvalue weighted by atomic mass is 10.1. The molecule has 0 heterocycles. The van der Waals surface area contributed by atoms with Crippen molar-refractivity contribution in [3.8, 4) is 0 Å². The van der Waals surface area contributed by atoms with Crippen molar-refractivity contribution in [2.24, 2.45) is 0 Å². The van der Waals surface area contributed by atoms with Gasteiger partial charge in [-0.3, -0.25) is 4.79 Å². The van der Waals surface area contributed by atoms with E-state index in [0.717, 1.165) is 19.3 Å². The quantitative estimate of drug-likeness (QED) is 0.194. The number of rotatable bonds is 13. The van der Waals surface area contributed by atoms with E-state index in [1.165, 1.54) is 36.8 Å². The lowest BCUT2D eigenvalue weighted by molar-refractivity contribution is -0.132. The molecule has 0 N–H and O–H groups in total. The number of benzene rings is 2. The largest absolute Gasteiger partial charge is 0.334 e. The van der Waals surface area contributed by atoms with Gasteiger partial charge in [0.15, 0.2) is 0 Å². The third kappa shape index (κ3) is 11.0. The molecule has 2 nitrogen and oxygen atoms in total. The minimum atomic E-state index is 0.0768. The predicted octanol–water partition coefficient (Wildman–Crippen LogP) is 7.84. The molecule has 1 amide bonds. The zero-order chi connectivity index (χ0) is 21.0. The maximum Gasteiger partial charge on any atom is 0.223 e. The Morgan fingerprint density at radius 2 is 1.21 bits per heavy atom. The van der Waals surface area contributed by atoms with E-state index in [1.54, 1.807) is 0 Å². The van der Waals surface area contributed by atoms with Crippen molar-refractivity contribution >= 4 is 37.8 Å². The van der Waals surface area contributed by atoms with Gasteiger partial charge in [-0.25, -0.2) is 0 Å². The molecule has 4 heteroatoms. The van der Waals surface area contributed by atoms with E-state index in [0.29, 0.717) is 19.5 Å². The highest BCUT2D eigenvalue weighted by Gasteiger charge is 2.15. The van der Waals surface area contributed by atoms with E-state index in [-0.39, 0.29) is 9.14 Å². The number of unbranched alkanes of at least 4 members (excludes halogenated alkanes) is 5. The molecule has 2 aromatic rings. The third-order valence-electron chi connectivity index (χ3n) is 5.04. The minimum absolute atomic E-state index is 0.0768. The predicted molar refractivity (Wildman–Crippen MR) is 130 cm³/mol. The van der Waals surface area contributed by atoms with Crippen molar-refractivity contribution in [3.05, 3.63) is 71.8 Å². The summed E-state index contributed by atoms with van der Waals surface area (Å²) in [6.45, 7) is 3.49. The van der Waals surface area contributed by atoms with Crippen molar-refractivity contribution in [2.45, 2.75) is 74.6 Å². The molecule has 0 aromatic heterocycles. The molecule has 0 aliphatic carbocycles. The molecule has 2 rings (SSSR count). The second kappa shape index (κ2) is 13.2. The van der Waals surface area contributed by atoms with Crippen LogP contribution in [0.3, 0.4) is 0 Å². The lowest BCUT2D eigenvalue weighted by Crippen LogP contribution is -2.29. The lowest BCUT2D eigenvalue weighted by Gasteiger charge is -2.23. The number of amides is 1. The summed E-state index contributed by atoms with van der Waals surface area (Å²) in [5, 5.41) is 0. The van der Waals surface area contributed by atoms with Crippen LogP contribution in [0.1, 0.15) is 69.4 Å². The van der Waals surface area contributed by atoms with Gasteiger partial charge in [0.2, 0.25) is 5.91 Å². The number of alkyl halides is 2. The summed E-state index contributed by atoms with van der Waals surface area (Å²) in [5.74, 6) is 0.257. The fraction of sp³-hybridized carbons (Fsp3) is 0.480. The topological polar surface area (TPSA) is 20.3 Å². The van der Waals surface area contributed by atoms with Crippen LogP contribution in [0.5, 0.6) is 0 Å². The molecule has 0 atom stereocenters. The van der Waals surface area contributed by atoms with Gasteiger partial charge >= 0.3 is 0 Å². The molecule has 29 heavy (non-hydrogen) atoms. The van der Waals surface area contributed by atoms with E-state index < -0.39 is 0 Å². The Balaban J connectivity index is 1.75. The molecule has 0 saturated heterocycles. The van der Waals surface area contributed by atoms with Crippen LogP contribution in [0.4, 0.5) is 0 Å².